The first-order valence-corrected chi connectivity index (χ1v) is 8.09. The normalized spacial score (nSPS) is 12.6. The summed E-state index contributed by atoms with van der Waals surface area (Å²) >= 11 is 9.54. The lowest BCUT2D eigenvalue weighted by molar-refractivity contribution is 0.148. The molecule has 1 N–H and O–H groups in total. The topological polar surface area (TPSA) is 23.5 Å². The summed E-state index contributed by atoms with van der Waals surface area (Å²) in [5, 5.41) is 10.9. The first kappa shape index (κ1) is 16.5. The Kier molecular flexibility index (Phi) is 6.24. The fourth-order valence-corrected chi connectivity index (χ4v) is 3.04. The van der Waals surface area contributed by atoms with Crippen LogP contribution in [0, 0.1) is 0 Å². The number of hydrogen-bond donors (Lipinski definition) is 1. The number of halogens is 2. The van der Waals surface area contributed by atoms with E-state index >= 15 is 0 Å². The first-order chi connectivity index (χ1) is 10.1. The largest absolute Gasteiger partial charge is 0.388 e. The molecule has 2 aromatic rings. The molecule has 1 unspecified atom stereocenters. The van der Waals surface area contributed by atoms with Gasteiger partial charge in [0.1, 0.15) is 0 Å². The number of aliphatic hydroxyl groups excluding tert-OH is 1. The Bertz CT molecular complexity index is 576. The van der Waals surface area contributed by atoms with Gasteiger partial charge in [-0.2, -0.15) is 0 Å². The van der Waals surface area contributed by atoms with Gasteiger partial charge in [0.05, 0.1) is 6.10 Å². The molecule has 0 heterocycles. The van der Waals surface area contributed by atoms with Gasteiger partial charge >= 0.3 is 0 Å². The minimum absolute atomic E-state index is 0.538. The molecule has 4 heteroatoms. The number of hydrogen-bond acceptors (Lipinski definition) is 2. The summed E-state index contributed by atoms with van der Waals surface area (Å²) in [7, 11) is 2.06. The van der Waals surface area contributed by atoms with Crippen molar-refractivity contribution in [2.75, 3.05) is 13.6 Å². The van der Waals surface area contributed by atoms with Crippen LogP contribution in [0.3, 0.4) is 0 Å². The molecule has 0 fully saturated rings. The zero-order valence-corrected chi connectivity index (χ0v) is 14.3. The van der Waals surface area contributed by atoms with E-state index in [-0.39, 0.29) is 0 Å². The van der Waals surface area contributed by atoms with Gasteiger partial charge in [-0.3, -0.25) is 0 Å². The molecule has 1 atom stereocenters. The van der Waals surface area contributed by atoms with Crippen molar-refractivity contribution in [3.05, 3.63) is 69.2 Å². The summed E-state index contributed by atoms with van der Waals surface area (Å²) in [6.45, 7) is 1.68. The van der Waals surface area contributed by atoms with Crippen molar-refractivity contribution in [1.82, 2.24) is 4.90 Å². The average Bonchev–Trinajstić information content (AvgIpc) is 2.46. The summed E-state index contributed by atoms with van der Waals surface area (Å²) in [6, 6.07) is 15.9. The van der Waals surface area contributed by atoms with E-state index in [1.807, 2.05) is 36.4 Å². The maximum absolute atomic E-state index is 10.3. The molecule has 0 aliphatic heterocycles. The van der Waals surface area contributed by atoms with Crippen LogP contribution in [-0.4, -0.2) is 23.6 Å². The second-order valence-corrected chi connectivity index (χ2v) is 6.52. The van der Waals surface area contributed by atoms with Crippen LogP contribution in [0.1, 0.15) is 23.7 Å². The third kappa shape index (κ3) is 5.11. The fraction of sp³-hybridized carbons (Fsp3) is 0.294. The molecule has 21 heavy (non-hydrogen) atoms. The molecule has 0 aliphatic rings. The van der Waals surface area contributed by atoms with E-state index in [9.17, 15) is 5.11 Å². The van der Waals surface area contributed by atoms with E-state index in [0.29, 0.717) is 11.4 Å². The highest BCUT2D eigenvalue weighted by Gasteiger charge is 2.13. The maximum Gasteiger partial charge on any atom is 0.0816 e. The molecular formula is C17H19BrClNO. The summed E-state index contributed by atoms with van der Waals surface area (Å²) < 4.78 is 0.921. The summed E-state index contributed by atoms with van der Waals surface area (Å²) in [5.74, 6) is 0. The molecule has 112 valence electrons. The monoisotopic (exact) mass is 367 g/mol. The van der Waals surface area contributed by atoms with Gasteiger partial charge in [-0.15, -0.1) is 0 Å². The van der Waals surface area contributed by atoms with Crippen LogP contribution in [0.4, 0.5) is 0 Å². The molecule has 2 nitrogen and oxygen atoms in total. The quantitative estimate of drug-likeness (QED) is 0.801. The van der Waals surface area contributed by atoms with Crippen molar-refractivity contribution >= 4 is 27.5 Å². The summed E-state index contributed by atoms with van der Waals surface area (Å²) in [6.07, 6.45) is 0.119. The van der Waals surface area contributed by atoms with Gasteiger partial charge in [0.25, 0.3) is 0 Å². The number of aliphatic hydroxyl groups is 1. The van der Waals surface area contributed by atoms with Gasteiger partial charge in [-0.1, -0.05) is 63.9 Å². The van der Waals surface area contributed by atoms with Gasteiger partial charge in [-0.05, 0) is 36.7 Å². The molecular weight excluding hydrogens is 350 g/mol. The molecule has 2 rings (SSSR count). The van der Waals surface area contributed by atoms with Crippen LogP contribution < -0.4 is 0 Å². The Labute approximate surface area is 139 Å². The molecule has 2 aromatic carbocycles. The molecule has 0 aromatic heterocycles. The van der Waals surface area contributed by atoms with Crippen molar-refractivity contribution in [1.29, 1.82) is 0 Å². The van der Waals surface area contributed by atoms with Gasteiger partial charge in [-0.25, -0.2) is 0 Å². The Morgan fingerprint density at radius 1 is 1.19 bits per heavy atom. The van der Waals surface area contributed by atoms with Crippen LogP contribution in [0.15, 0.2) is 53.0 Å². The van der Waals surface area contributed by atoms with Gasteiger partial charge < -0.3 is 10.0 Å². The predicted octanol–water partition coefficient (Wildman–Crippen LogP) is 4.66. The Morgan fingerprint density at radius 2 is 1.90 bits per heavy atom. The van der Waals surface area contributed by atoms with Crippen LogP contribution in [0.2, 0.25) is 5.02 Å². The zero-order valence-electron chi connectivity index (χ0n) is 12.0. The second-order valence-electron chi connectivity index (χ2n) is 5.19. The van der Waals surface area contributed by atoms with Crippen molar-refractivity contribution in [2.45, 2.75) is 19.1 Å². The highest BCUT2D eigenvalue weighted by molar-refractivity contribution is 9.10. The average molecular weight is 369 g/mol. The highest BCUT2D eigenvalue weighted by Crippen LogP contribution is 2.28. The second kappa shape index (κ2) is 7.95. The SMILES string of the molecule is CN(CCC(O)c1ccc(Br)cc1Cl)Cc1ccccc1. The standard InChI is InChI=1S/C17H19BrClNO/c1-20(12-13-5-3-2-4-6-13)10-9-17(21)15-8-7-14(18)11-16(15)19/h2-8,11,17,21H,9-10,12H2,1H3. The van der Waals surface area contributed by atoms with Gasteiger partial charge in [0.15, 0.2) is 0 Å². The molecule has 0 radical (unpaired) electrons. The molecule has 0 aliphatic carbocycles. The van der Waals surface area contributed by atoms with Crippen molar-refractivity contribution in [3.63, 3.8) is 0 Å². The van der Waals surface area contributed by atoms with Gasteiger partial charge in [0, 0.05) is 22.6 Å². The third-order valence-electron chi connectivity index (χ3n) is 3.40. The summed E-state index contributed by atoms with van der Waals surface area (Å²) in [5.41, 5.74) is 2.06. The lowest BCUT2D eigenvalue weighted by Gasteiger charge is -2.19. The molecule has 0 spiro atoms. The van der Waals surface area contributed by atoms with Crippen molar-refractivity contribution in [2.24, 2.45) is 0 Å². The van der Waals surface area contributed by atoms with E-state index in [1.165, 1.54) is 5.56 Å². The molecule has 0 saturated heterocycles. The highest BCUT2D eigenvalue weighted by atomic mass is 79.9. The van der Waals surface area contributed by atoms with E-state index in [0.717, 1.165) is 23.1 Å². The molecule has 0 bridgehead atoms. The molecule has 0 saturated carbocycles. The van der Waals surface area contributed by atoms with Crippen LogP contribution >= 0.6 is 27.5 Å². The lowest BCUT2D eigenvalue weighted by atomic mass is 10.1. The minimum Gasteiger partial charge on any atom is -0.388 e. The third-order valence-corrected chi connectivity index (χ3v) is 4.22. The van der Waals surface area contributed by atoms with Crippen molar-refractivity contribution < 1.29 is 5.11 Å². The van der Waals surface area contributed by atoms with E-state index < -0.39 is 6.10 Å². The van der Waals surface area contributed by atoms with E-state index in [4.69, 9.17) is 11.6 Å². The Morgan fingerprint density at radius 3 is 2.57 bits per heavy atom. The van der Waals surface area contributed by atoms with Crippen LogP contribution in [0.5, 0.6) is 0 Å². The predicted molar refractivity (Wildman–Crippen MR) is 91.5 cm³/mol. The number of benzene rings is 2. The van der Waals surface area contributed by atoms with E-state index in [1.54, 1.807) is 0 Å². The fourth-order valence-electron chi connectivity index (χ4n) is 2.24. The number of rotatable bonds is 6. The van der Waals surface area contributed by atoms with Crippen molar-refractivity contribution in [3.8, 4) is 0 Å². The summed E-state index contributed by atoms with van der Waals surface area (Å²) in [4.78, 5) is 2.20. The minimum atomic E-state index is -0.538. The number of nitrogens with zero attached hydrogens (tertiary/aromatic N) is 1. The first-order valence-electron chi connectivity index (χ1n) is 6.92. The van der Waals surface area contributed by atoms with Gasteiger partial charge in [0.2, 0.25) is 0 Å². The Balaban J connectivity index is 1.87. The van der Waals surface area contributed by atoms with Crippen LogP contribution in [0.25, 0.3) is 0 Å². The molecule has 0 amide bonds. The lowest BCUT2D eigenvalue weighted by Crippen LogP contribution is -2.21. The smallest absolute Gasteiger partial charge is 0.0816 e. The maximum atomic E-state index is 10.3. The zero-order chi connectivity index (χ0) is 15.2. The van der Waals surface area contributed by atoms with Crippen LogP contribution in [-0.2, 0) is 6.54 Å². The van der Waals surface area contributed by atoms with E-state index in [2.05, 4.69) is 40.0 Å². The Hall–Kier alpha value is -0.870.